The lowest BCUT2D eigenvalue weighted by atomic mass is 10.3. The van der Waals surface area contributed by atoms with Crippen LogP contribution in [0.4, 0.5) is 13.2 Å². The van der Waals surface area contributed by atoms with Crippen LogP contribution in [-0.4, -0.2) is 9.24 Å². The summed E-state index contributed by atoms with van der Waals surface area (Å²) in [6, 6.07) is -0.371. The van der Waals surface area contributed by atoms with Gasteiger partial charge in [0.25, 0.3) is 5.56 Å². The van der Waals surface area contributed by atoms with Crippen LogP contribution < -0.4 is 11.2 Å². The number of rotatable bonds is 1. The van der Waals surface area contributed by atoms with Crippen LogP contribution in [0, 0.1) is 6.57 Å². The van der Waals surface area contributed by atoms with E-state index in [0.717, 1.165) is 0 Å². The number of alkyl halides is 3. The quantitative estimate of drug-likeness (QED) is 0.702. The maximum absolute atomic E-state index is 12.5. The smallest absolute Gasteiger partial charge is 0.269 e. The van der Waals surface area contributed by atoms with Crippen LogP contribution in [0.5, 0.6) is 0 Å². The minimum atomic E-state index is -4.92. The molecule has 0 aliphatic heterocycles. The van der Waals surface area contributed by atoms with E-state index in [1.165, 1.54) is 13.8 Å². The van der Waals surface area contributed by atoms with Gasteiger partial charge in [0.05, 0.1) is 0 Å². The Labute approximate surface area is 93.5 Å². The van der Waals surface area contributed by atoms with Crippen molar-refractivity contribution in [2.45, 2.75) is 26.1 Å². The Hall–Kier alpha value is -2.04. The zero-order chi connectivity index (χ0) is 13.4. The second-order valence-electron chi connectivity index (χ2n) is 3.52. The molecule has 0 saturated carbocycles. The van der Waals surface area contributed by atoms with Gasteiger partial charge in [-0.1, -0.05) is 0 Å². The van der Waals surface area contributed by atoms with Crippen LogP contribution in [0.3, 0.4) is 0 Å². The van der Waals surface area contributed by atoms with Crippen molar-refractivity contribution in [1.82, 2.24) is 9.24 Å². The van der Waals surface area contributed by atoms with E-state index in [9.17, 15) is 22.8 Å². The molecule has 0 amide bonds. The zero-order valence-electron chi connectivity index (χ0n) is 8.95. The Kier molecular flexibility index (Phi) is 3.13. The fourth-order valence-corrected chi connectivity index (χ4v) is 1.32. The summed E-state index contributed by atoms with van der Waals surface area (Å²) in [6.45, 7) is 9.51. The van der Waals surface area contributed by atoms with Gasteiger partial charge in [0.2, 0.25) is 5.69 Å². The summed E-state index contributed by atoms with van der Waals surface area (Å²) < 4.78 is 37.9. The Bertz CT molecular complexity index is 589. The molecule has 92 valence electrons. The molecule has 0 fully saturated rings. The molecule has 0 N–H and O–H groups in total. The molecule has 0 spiro atoms. The molecule has 0 atom stereocenters. The van der Waals surface area contributed by atoms with Gasteiger partial charge in [-0.15, -0.1) is 4.95 Å². The van der Waals surface area contributed by atoms with Gasteiger partial charge in [0.15, 0.2) is 0 Å². The number of hydrogen-bond donors (Lipinski definition) is 0. The first-order valence-corrected chi connectivity index (χ1v) is 4.53. The molecule has 0 unspecified atom stereocenters. The van der Waals surface area contributed by atoms with Crippen molar-refractivity contribution >= 4 is 0 Å². The fourth-order valence-electron chi connectivity index (χ4n) is 1.32. The highest BCUT2D eigenvalue weighted by molar-refractivity contribution is 5.09. The molecule has 0 bridgehead atoms. The van der Waals surface area contributed by atoms with Gasteiger partial charge >= 0.3 is 11.9 Å². The second-order valence-corrected chi connectivity index (χ2v) is 3.52. The molecule has 1 heterocycles. The molecule has 5 nitrogen and oxygen atoms in total. The van der Waals surface area contributed by atoms with E-state index in [-0.39, 0.29) is 10.7 Å². The minimum absolute atomic E-state index is 0.151. The predicted molar refractivity (Wildman–Crippen MR) is 52.3 cm³/mol. The molecule has 0 saturated heterocycles. The third-order valence-corrected chi connectivity index (χ3v) is 2.02. The maximum Gasteiger partial charge on any atom is 0.438 e. The SMILES string of the molecule is [C-]#[N+]n1c(C(F)(F)F)cc(=O)n(C(C)C)c1=O. The highest BCUT2D eigenvalue weighted by Gasteiger charge is 2.39. The van der Waals surface area contributed by atoms with E-state index in [1.807, 2.05) is 0 Å². The molecule has 0 aliphatic carbocycles. The van der Waals surface area contributed by atoms with Crippen molar-refractivity contribution in [1.29, 1.82) is 0 Å². The summed E-state index contributed by atoms with van der Waals surface area (Å²) in [6.07, 6.45) is -4.92. The summed E-state index contributed by atoms with van der Waals surface area (Å²) >= 11 is 0. The van der Waals surface area contributed by atoms with Gasteiger partial charge in [-0.05, 0) is 13.8 Å². The fraction of sp³-hybridized carbons (Fsp3) is 0.444. The predicted octanol–water partition coefficient (Wildman–Crippen LogP) is 1.29. The van der Waals surface area contributed by atoms with Crippen LogP contribution in [0.1, 0.15) is 25.6 Å². The van der Waals surface area contributed by atoms with Crippen molar-refractivity contribution in [2.24, 2.45) is 0 Å². The molecule has 17 heavy (non-hydrogen) atoms. The van der Waals surface area contributed by atoms with E-state index >= 15 is 0 Å². The highest BCUT2D eigenvalue weighted by atomic mass is 19.4. The van der Waals surface area contributed by atoms with E-state index in [4.69, 9.17) is 6.57 Å². The Balaban J connectivity index is 3.80. The third-order valence-electron chi connectivity index (χ3n) is 2.02. The van der Waals surface area contributed by atoms with Crippen molar-refractivity contribution in [3.05, 3.63) is 44.1 Å². The van der Waals surface area contributed by atoms with Gasteiger partial charge < -0.3 is 0 Å². The molecule has 1 aromatic rings. The second kappa shape index (κ2) is 4.08. The van der Waals surface area contributed by atoms with Crippen LogP contribution >= 0.6 is 0 Å². The van der Waals surface area contributed by atoms with Crippen LogP contribution in [0.2, 0.25) is 0 Å². The van der Waals surface area contributed by atoms with Crippen molar-refractivity contribution in [3.63, 3.8) is 0 Å². The average molecular weight is 247 g/mol. The zero-order valence-corrected chi connectivity index (χ0v) is 8.95. The van der Waals surface area contributed by atoms with E-state index in [1.54, 1.807) is 0 Å². The Morgan fingerprint density at radius 1 is 1.35 bits per heavy atom. The van der Waals surface area contributed by atoms with Crippen molar-refractivity contribution in [2.75, 3.05) is 0 Å². The van der Waals surface area contributed by atoms with Crippen molar-refractivity contribution < 1.29 is 13.2 Å². The first kappa shape index (κ1) is 13.0. The number of aromatic nitrogens is 2. The lowest BCUT2D eigenvalue weighted by Gasteiger charge is -2.11. The molecule has 0 radical (unpaired) electrons. The minimum Gasteiger partial charge on any atom is -0.269 e. The molecule has 1 aromatic heterocycles. The first-order valence-electron chi connectivity index (χ1n) is 4.53. The van der Waals surface area contributed by atoms with Gasteiger partial charge in [0.1, 0.15) is 0 Å². The molecule has 0 aromatic carbocycles. The number of halogens is 3. The van der Waals surface area contributed by atoms with E-state index in [0.29, 0.717) is 4.57 Å². The highest BCUT2D eigenvalue weighted by Crippen LogP contribution is 2.27. The molecular weight excluding hydrogens is 239 g/mol. The summed E-state index contributed by atoms with van der Waals surface area (Å²) in [5.74, 6) is 0. The average Bonchev–Trinajstić information content (AvgIpc) is 2.14. The number of nitrogens with zero attached hydrogens (tertiary/aromatic N) is 3. The first-order chi connectivity index (χ1) is 7.70. The van der Waals surface area contributed by atoms with Gasteiger partial charge in [-0.25, -0.2) is 4.79 Å². The van der Waals surface area contributed by atoms with Gasteiger partial charge in [0, 0.05) is 16.8 Å². The van der Waals surface area contributed by atoms with Crippen LogP contribution in [-0.2, 0) is 6.18 Å². The molecule has 1 rings (SSSR count). The Morgan fingerprint density at radius 3 is 2.24 bits per heavy atom. The Morgan fingerprint density at radius 2 is 1.88 bits per heavy atom. The third kappa shape index (κ3) is 2.22. The molecular formula is C9H8F3N3O2. The van der Waals surface area contributed by atoms with Gasteiger partial charge in [-0.3, -0.25) is 9.36 Å². The molecule has 8 heteroatoms. The standard InChI is InChI=1S/C9H8F3N3O2/c1-5(2)14-7(16)4-6(9(10,11)12)15(13-3)8(14)17/h4-5H,1-2H3. The van der Waals surface area contributed by atoms with Crippen molar-refractivity contribution in [3.8, 4) is 0 Å². The summed E-state index contributed by atoms with van der Waals surface area (Å²) in [7, 11) is 0. The summed E-state index contributed by atoms with van der Waals surface area (Å²) in [5, 5.41) is 0. The van der Waals surface area contributed by atoms with E-state index in [2.05, 4.69) is 4.95 Å². The topological polar surface area (TPSA) is 48.4 Å². The van der Waals surface area contributed by atoms with E-state index < -0.39 is 29.2 Å². The number of hydrogen-bond acceptors (Lipinski definition) is 2. The summed E-state index contributed by atoms with van der Waals surface area (Å²) in [4.78, 5) is 25.4. The normalized spacial score (nSPS) is 11.6. The monoisotopic (exact) mass is 247 g/mol. The maximum atomic E-state index is 12.5. The molecule has 0 aliphatic rings. The lowest BCUT2D eigenvalue weighted by molar-refractivity contribution is -0.143. The lowest BCUT2D eigenvalue weighted by Crippen LogP contribution is -2.41. The largest absolute Gasteiger partial charge is 0.438 e. The van der Waals surface area contributed by atoms with Crippen LogP contribution in [0.15, 0.2) is 15.7 Å². The van der Waals surface area contributed by atoms with Gasteiger partial charge in [-0.2, -0.15) is 19.7 Å². The van der Waals surface area contributed by atoms with Crippen LogP contribution in [0.25, 0.3) is 4.95 Å². The summed E-state index contributed by atoms with van der Waals surface area (Å²) in [5.41, 5.74) is -3.91.